The lowest BCUT2D eigenvalue weighted by Gasteiger charge is -2.44. The summed E-state index contributed by atoms with van der Waals surface area (Å²) in [5.41, 5.74) is 3.37. The molecule has 2 fully saturated rings. The molecule has 4 rings (SSSR count). The summed E-state index contributed by atoms with van der Waals surface area (Å²) in [6, 6.07) is 9.26. The first-order valence-electron chi connectivity index (χ1n) is 7.51. The average Bonchev–Trinajstić information content (AvgIpc) is 2.86. The molecule has 0 bridgehead atoms. The normalized spacial score (nSPS) is 39.3. The van der Waals surface area contributed by atoms with Gasteiger partial charge >= 0.3 is 0 Å². The molecule has 0 spiro atoms. The Bertz CT molecular complexity index is 420. The molecule has 0 aromatic heterocycles. The molecule has 0 saturated heterocycles. The number of hydrogen-bond acceptors (Lipinski definition) is 0. The third-order valence-corrected chi connectivity index (χ3v) is 5.83. The van der Waals surface area contributed by atoms with E-state index in [4.69, 9.17) is 0 Å². The predicted octanol–water partition coefficient (Wildman–Crippen LogP) is 4.54. The number of fused-ring (bicyclic) bond motifs is 5. The van der Waals surface area contributed by atoms with Gasteiger partial charge in [-0.1, -0.05) is 37.1 Å². The van der Waals surface area contributed by atoms with Crippen LogP contribution in [0.15, 0.2) is 24.3 Å². The topological polar surface area (TPSA) is 0 Å². The van der Waals surface area contributed by atoms with Crippen LogP contribution in [0.4, 0.5) is 0 Å². The van der Waals surface area contributed by atoms with Crippen LogP contribution in [-0.4, -0.2) is 0 Å². The zero-order chi connectivity index (χ0) is 11.2. The molecule has 3 aliphatic rings. The van der Waals surface area contributed by atoms with Gasteiger partial charge in [-0.3, -0.25) is 0 Å². The highest BCUT2D eigenvalue weighted by Gasteiger charge is 2.43. The van der Waals surface area contributed by atoms with Gasteiger partial charge in [-0.05, 0) is 66.9 Å². The second kappa shape index (κ2) is 3.86. The maximum Gasteiger partial charge on any atom is -0.0128 e. The summed E-state index contributed by atoms with van der Waals surface area (Å²) in [4.78, 5) is 0. The minimum atomic E-state index is 0.916. The summed E-state index contributed by atoms with van der Waals surface area (Å²) < 4.78 is 0. The molecule has 90 valence electrons. The Kier molecular flexibility index (Phi) is 2.31. The van der Waals surface area contributed by atoms with Gasteiger partial charge in [-0.2, -0.15) is 0 Å². The zero-order valence-corrected chi connectivity index (χ0v) is 10.6. The first-order chi connectivity index (χ1) is 8.43. The van der Waals surface area contributed by atoms with E-state index in [1.807, 2.05) is 0 Å². The van der Waals surface area contributed by atoms with Crippen molar-refractivity contribution in [2.24, 2.45) is 17.8 Å². The van der Waals surface area contributed by atoms with Gasteiger partial charge in [0.05, 0.1) is 0 Å². The third kappa shape index (κ3) is 1.49. The van der Waals surface area contributed by atoms with Crippen molar-refractivity contribution in [3.63, 3.8) is 0 Å². The Balaban J connectivity index is 1.71. The van der Waals surface area contributed by atoms with Crippen molar-refractivity contribution in [1.82, 2.24) is 0 Å². The Morgan fingerprint density at radius 3 is 2.76 bits per heavy atom. The summed E-state index contributed by atoms with van der Waals surface area (Å²) in [5, 5.41) is 0. The lowest BCUT2D eigenvalue weighted by Crippen LogP contribution is -2.33. The highest BCUT2D eigenvalue weighted by Crippen LogP contribution is 2.54. The Hall–Kier alpha value is -0.780. The van der Waals surface area contributed by atoms with E-state index in [0.29, 0.717) is 0 Å². The van der Waals surface area contributed by atoms with Crippen LogP contribution >= 0.6 is 0 Å². The summed E-state index contributed by atoms with van der Waals surface area (Å²) >= 11 is 0. The average molecular weight is 226 g/mol. The first kappa shape index (κ1) is 10.2. The first-order valence-corrected chi connectivity index (χ1v) is 7.51. The van der Waals surface area contributed by atoms with Gasteiger partial charge in [0.2, 0.25) is 0 Å². The van der Waals surface area contributed by atoms with E-state index in [9.17, 15) is 0 Å². The monoisotopic (exact) mass is 226 g/mol. The van der Waals surface area contributed by atoms with E-state index in [0.717, 1.165) is 23.7 Å². The van der Waals surface area contributed by atoms with Crippen LogP contribution in [0.5, 0.6) is 0 Å². The van der Waals surface area contributed by atoms with Gasteiger partial charge in [0.1, 0.15) is 0 Å². The molecule has 1 aromatic carbocycles. The zero-order valence-electron chi connectivity index (χ0n) is 10.6. The van der Waals surface area contributed by atoms with E-state index < -0.39 is 0 Å². The minimum absolute atomic E-state index is 0.916. The smallest absolute Gasteiger partial charge is 0.0128 e. The molecule has 0 radical (unpaired) electrons. The molecule has 1 aromatic rings. The number of aryl methyl sites for hydroxylation is 1. The Morgan fingerprint density at radius 2 is 1.76 bits per heavy atom. The summed E-state index contributed by atoms with van der Waals surface area (Å²) in [6.07, 6.45) is 10.4. The molecule has 4 atom stereocenters. The summed E-state index contributed by atoms with van der Waals surface area (Å²) in [5.74, 6) is 4.13. The largest absolute Gasteiger partial charge is 0.0620 e. The fourth-order valence-electron chi connectivity index (χ4n) is 5.14. The molecule has 2 unspecified atom stereocenters. The molecule has 0 heterocycles. The molecule has 3 aliphatic carbocycles. The number of benzene rings is 1. The third-order valence-electron chi connectivity index (χ3n) is 5.83. The molecule has 0 N–H and O–H groups in total. The van der Waals surface area contributed by atoms with Gasteiger partial charge in [-0.15, -0.1) is 0 Å². The fourth-order valence-corrected chi connectivity index (χ4v) is 5.14. The molecule has 2 saturated carbocycles. The molecule has 17 heavy (non-hydrogen) atoms. The summed E-state index contributed by atoms with van der Waals surface area (Å²) in [7, 11) is 0. The van der Waals surface area contributed by atoms with Crippen LogP contribution in [0, 0.1) is 17.8 Å². The quantitative estimate of drug-likeness (QED) is 0.609. The number of hydrogen-bond donors (Lipinski definition) is 0. The van der Waals surface area contributed by atoms with E-state index in [1.165, 1.54) is 44.9 Å². The highest BCUT2D eigenvalue weighted by molar-refractivity contribution is 5.34. The van der Waals surface area contributed by atoms with Gasteiger partial charge in [-0.25, -0.2) is 0 Å². The second-order valence-electron chi connectivity index (χ2n) is 6.44. The molecule has 0 nitrogen and oxygen atoms in total. The van der Waals surface area contributed by atoms with Crippen molar-refractivity contribution in [2.45, 2.75) is 50.9 Å². The van der Waals surface area contributed by atoms with E-state index in [-0.39, 0.29) is 0 Å². The fraction of sp³-hybridized carbons (Fsp3) is 0.647. The van der Waals surface area contributed by atoms with Crippen molar-refractivity contribution < 1.29 is 0 Å². The van der Waals surface area contributed by atoms with Crippen molar-refractivity contribution in [1.29, 1.82) is 0 Å². The molecular weight excluding hydrogens is 204 g/mol. The van der Waals surface area contributed by atoms with Crippen molar-refractivity contribution in [3.05, 3.63) is 35.4 Å². The van der Waals surface area contributed by atoms with Crippen LogP contribution in [0.2, 0.25) is 0 Å². The van der Waals surface area contributed by atoms with Gasteiger partial charge in [0, 0.05) is 0 Å². The molecule has 0 heteroatoms. The maximum atomic E-state index is 2.42. The summed E-state index contributed by atoms with van der Waals surface area (Å²) in [6.45, 7) is 0. The van der Waals surface area contributed by atoms with Crippen LogP contribution < -0.4 is 0 Å². The second-order valence-corrected chi connectivity index (χ2v) is 6.44. The van der Waals surface area contributed by atoms with E-state index in [2.05, 4.69) is 24.3 Å². The number of rotatable bonds is 0. The van der Waals surface area contributed by atoms with Crippen LogP contribution in [0.3, 0.4) is 0 Å². The van der Waals surface area contributed by atoms with Crippen LogP contribution in [0.1, 0.15) is 55.6 Å². The van der Waals surface area contributed by atoms with Crippen molar-refractivity contribution in [2.75, 3.05) is 0 Å². The lowest BCUT2D eigenvalue weighted by atomic mass is 9.61. The predicted molar refractivity (Wildman–Crippen MR) is 71.1 cm³/mol. The van der Waals surface area contributed by atoms with Gasteiger partial charge < -0.3 is 0 Å². The Morgan fingerprint density at radius 1 is 0.824 bits per heavy atom. The van der Waals surface area contributed by atoms with Crippen LogP contribution in [0.25, 0.3) is 0 Å². The Labute approximate surface area is 104 Å². The van der Waals surface area contributed by atoms with Gasteiger partial charge in [0.15, 0.2) is 0 Å². The van der Waals surface area contributed by atoms with Crippen molar-refractivity contribution in [3.8, 4) is 0 Å². The lowest BCUT2D eigenvalue weighted by molar-refractivity contribution is 0.137. The standard InChI is InChI=1S/C17H22/c1-2-6-14-12(4-1)8-10-17-15-7-3-5-13(15)9-11-16(14)17/h1-2,4,6,13,15-17H,3,5,7-11H2/t13?,15?,16-,17+/m1/s1. The SMILES string of the molecule is c1ccc2c(c1)CC[C@H]1C3CCCC3CC[C@H]21. The molecule has 0 amide bonds. The van der Waals surface area contributed by atoms with Crippen LogP contribution in [-0.2, 0) is 6.42 Å². The van der Waals surface area contributed by atoms with Crippen molar-refractivity contribution >= 4 is 0 Å². The maximum absolute atomic E-state index is 2.42. The highest BCUT2D eigenvalue weighted by atomic mass is 14.5. The van der Waals surface area contributed by atoms with Gasteiger partial charge in [0.25, 0.3) is 0 Å². The molecular formula is C17H22. The van der Waals surface area contributed by atoms with E-state index in [1.54, 1.807) is 11.1 Å². The molecule has 0 aliphatic heterocycles. The minimum Gasteiger partial charge on any atom is -0.0620 e. The van der Waals surface area contributed by atoms with E-state index >= 15 is 0 Å².